The first-order valence-corrected chi connectivity index (χ1v) is 14.0. The van der Waals surface area contributed by atoms with Gasteiger partial charge in [-0.2, -0.15) is 0 Å². The Hall–Kier alpha value is -3.19. The number of hydrogen-bond donors (Lipinski definition) is 3. The van der Waals surface area contributed by atoms with Gasteiger partial charge < -0.3 is 24.8 Å². The van der Waals surface area contributed by atoms with Gasteiger partial charge in [-0.15, -0.1) is 0 Å². The normalized spacial score (nSPS) is 28.9. The van der Waals surface area contributed by atoms with E-state index in [4.69, 9.17) is 4.74 Å². The van der Waals surface area contributed by atoms with Gasteiger partial charge in [0.05, 0.1) is 12.1 Å². The van der Waals surface area contributed by atoms with Crippen LogP contribution in [0.15, 0.2) is 34.6 Å². The average molecular weight is 550 g/mol. The van der Waals surface area contributed by atoms with Crippen molar-refractivity contribution in [3.05, 3.63) is 35.4 Å². The zero-order valence-corrected chi connectivity index (χ0v) is 22.6. The van der Waals surface area contributed by atoms with Crippen molar-refractivity contribution in [1.82, 2.24) is 24.8 Å². The van der Waals surface area contributed by atoms with Crippen LogP contribution in [0.3, 0.4) is 0 Å². The molecule has 3 N–H and O–H groups in total. The second-order valence-corrected chi connectivity index (χ2v) is 12.9. The molecule has 0 aromatic carbocycles. The highest BCUT2D eigenvalue weighted by Crippen LogP contribution is 2.36. The lowest BCUT2D eigenvalue weighted by molar-refractivity contribution is -0.145. The summed E-state index contributed by atoms with van der Waals surface area (Å²) in [6.07, 6.45) is 6.17. The van der Waals surface area contributed by atoms with Crippen LogP contribution in [0.2, 0.25) is 0 Å². The van der Waals surface area contributed by atoms with Gasteiger partial charge in [0.1, 0.15) is 10.7 Å². The number of carbonyl (C=O) groups excluding carboxylic acids is 3. The number of rotatable bonds is 3. The Morgan fingerprint density at radius 1 is 1.18 bits per heavy atom. The van der Waals surface area contributed by atoms with Crippen LogP contribution in [0.4, 0.5) is 4.39 Å². The van der Waals surface area contributed by atoms with E-state index < -0.39 is 45.2 Å². The Balaban J connectivity index is 1.36. The standard InChI is InChI=1S/C25H32FN5O6S/c1-14-9-25(3,6-5-16(14)26)27-21(32)19-20-18(12-30(19)4)38(35,36)29-17-11-31(10-15(17)13-37-20)23(34)22(33)28-24(2)7-8-24/h5,9,12,15,17,29H,6-8,10-11,13H2,1-4H3,(H,27,32)(H,28,33)/t15-,17-,25?/m0/s1. The maximum atomic E-state index is 13.8. The van der Waals surface area contributed by atoms with Crippen LogP contribution in [0.1, 0.15) is 50.5 Å². The van der Waals surface area contributed by atoms with Crippen molar-refractivity contribution < 1.29 is 31.9 Å². The number of ether oxygens (including phenoxy) is 1. The maximum Gasteiger partial charge on any atom is 0.311 e. The van der Waals surface area contributed by atoms with E-state index in [0.717, 1.165) is 12.8 Å². The number of fused-ring (bicyclic) bond motifs is 2. The van der Waals surface area contributed by atoms with Crippen LogP contribution >= 0.6 is 0 Å². The minimum Gasteiger partial charge on any atom is -0.489 e. The second-order valence-electron chi connectivity index (χ2n) is 11.3. The molecule has 0 bridgehead atoms. The highest BCUT2D eigenvalue weighted by Gasteiger charge is 2.45. The first-order valence-electron chi connectivity index (χ1n) is 12.5. The molecule has 0 spiro atoms. The van der Waals surface area contributed by atoms with Crippen LogP contribution in [-0.2, 0) is 26.7 Å². The van der Waals surface area contributed by atoms with Crippen molar-refractivity contribution in [2.75, 3.05) is 19.7 Å². The predicted octanol–water partition coefficient (Wildman–Crippen LogP) is 0.883. The number of nitrogens with one attached hydrogen (secondary N) is 3. The van der Waals surface area contributed by atoms with Gasteiger partial charge in [-0.3, -0.25) is 14.4 Å². The number of amides is 3. The van der Waals surface area contributed by atoms with Gasteiger partial charge in [0, 0.05) is 43.8 Å². The molecule has 3 amide bonds. The first-order chi connectivity index (χ1) is 17.7. The van der Waals surface area contributed by atoms with Crippen molar-refractivity contribution in [2.45, 2.75) is 62.0 Å². The summed E-state index contributed by atoms with van der Waals surface area (Å²) in [6.45, 7) is 5.40. The summed E-state index contributed by atoms with van der Waals surface area (Å²) >= 11 is 0. The predicted molar refractivity (Wildman–Crippen MR) is 134 cm³/mol. The van der Waals surface area contributed by atoms with Crippen LogP contribution in [0.5, 0.6) is 5.75 Å². The Kier molecular flexibility index (Phi) is 6.21. The number of nitrogens with zero attached hydrogens (tertiary/aromatic N) is 2. The third-order valence-corrected chi connectivity index (χ3v) is 9.19. The van der Waals surface area contributed by atoms with E-state index in [1.54, 1.807) is 27.0 Å². The van der Waals surface area contributed by atoms with Gasteiger partial charge in [0.2, 0.25) is 10.0 Å². The summed E-state index contributed by atoms with van der Waals surface area (Å²) in [5.41, 5.74) is -0.821. The number of aromatic nitrogens is 1. The first kappa shape index (κ1) is 26.4. The third kappa shape index (κ3) is 4.84. The van der Waals surface area contributed by atoms with Gasteiger partial charge in [-0.1, -0.05) is 6.08 Å². The summed E-state index contributed by atoms with van der Waals surface area (Å²) in [5, 5.41) is 5.60. The van der Waals surface area contributed by atoms with Crippen LogP contribution in [0, 0.1) is 5.92 Å². The smallest absolute Gasteiger partial charge is 0.311 e. The van der Waals surface area contributed by atoms with Gasteiger partial charge in [-0.25, -0.2) is 17.5 Å². The molecule has 0 radical (unpaired) electrons. The van der Waals surface area contributed by atoms with Crippen LogP contribution in [-0.4, -0.2) is 72.4 Å². The molecule has 2 aliphatic carbocycles. The number of aryl methyl sites for hydroxylation is 1. The number of carbonyl (C=O) groups is 3. The number of hydrogen-bond acceptors (Lipinski definition) is 6. The summed E-state index contributed by atoms with van der Waals surface area (Å²) in [7, 11) is -2.58. The van der Waals surface area contributed by atoms with Gasteiger partial charge >= 0.3 is 11.8 Å². The van der Waals surface area contributed by atoms with E-state index in [9.17, 15) is 27.2 Å². The van der Waals surface area contributed by atoms with Crippen molar-refractivity contribution in [3.63, 3.8) is 0 Å². The van der Waals surface area contributed by atoms with E-state index in [-0.39, 0.29) is 53.8 Å². The Bertz CT molecular complexity index is 1390. The van der Waals surface area contributed by atoms with Gasteiger partial charge in [0.25, 0.3) is 5.91 Å². The van der Waals surface area contributed by atoms with E-state index >= 15 is 0 Å². The highest BCUT2D eigenvalue weighted by atomic mass is 32.2. The zero-order valence-electron chi connectivity index (χ0n) is 21.8. The molecule has 3 heterocycles. The Morgan fingerprint density at radius 2 is 1.89 bits per heavy atom. The average Bonchev–Trinajstić information content (AvgIpc) is 3.26. The molecule has 2 fully saturated rings. The van der Waals surface area contributed by atoms with E-state index in [0.29, 0.717) is 5.57 Å². The molecular weight excluding hydrogens is 517 g/mol. The third-order valence-electron chi connectivity index (χ3n) is 7.71. The Morgan fingerprint density at radius 3 is 2.55 bits per heavy atom. The molecule has 5 rings (SSSR count). The van der Waals surface area contributed by atoms with E-state index in [2.05, 4.69) is 15.4 Å². The molecule has 4 aliphatic rings. The van der Waals surface area contributed by atoms with E-state index in [1.807, 2.05) is 6.92 Å². The molecule has 3 atom stereocenters. The summed E-state index contributed by atoms with van der Waals surface area (Å²) in [4.78, 5) is 39.7. The van der Waals surface area contributed by atoms with Crippen molar-refractivity contribution >= 4 is 27.7 Å². The largest absolute Gasteiger partial charge is 0.489 e. The lowest BCUT2D eigenvalue weighted by Crippen LogP contribution is -2.47. The number of halogens is 1. The molecule has 1 aromatic rings. The minimum atomic E-state index is -4.13. The fourth-order valence-electron chi connectivity index (χ4n) is 5.22. The second kappa shape index (κ2) is 8.94. The highest BCUT2D eigenvalue weighted by molar-refractivity contribution is 7.89. The van der Waals surface area contributed by atoms with Crippen molar-refractivity contribution in [2.24, 2.45) is 13.0 Å². The summed E-state index contributed by atoms with van der Waals surface area (Å²) in [6, 6.07) is -0.658. The molecule has 1 aromatic heterocycles. The molecule has 1 saturated heterocycles. The molecule has 1 saturated carbocycles. The van der Waals surface area contributed by atoms with Crippen LogP contribution in [0.25, 0.3) is 0 Å². The van der Waals surface area contributed by atoms with Crippen molar-refractivity contribution in [3.8, 4) is 5.75 Å². The number of likely N-dealkylation sites (tertiary alicyclic amines) is 1. The van der Waals surface area contributed by atoms with Gasteiger partial charge in [0.15, 0.2) is 11.4 Å². The lowest BCUT2D eigenvalue weighted by atomic mass is 9.89. The summed E-state index contributed by atoms with van der Waals surface area (Å²) in [5.74, 6) is -2.87. The molecule has 13 heteroatoms. The molecule has 11 nitrogen and oxygen atoms in total. The monoisotopic (exact) mass is 549 g/mol. The molecule has 38 heavy (non-hydrogen) atoms. The number of sulfonamides is 1. The summed E-state index contributed by atoms with van der Waals surface area (Å²) < 4.78 is 50.5. The SMILES string of the molecule is CC1=CC(C)(NC(=O)c2c3c(cn2C)S(=O)(=O)N[C@H]2CN(C(=O)C(=O)NC4(C)CC4)C[C@H]2CO3)CC=C1F. The quantitative estimate of drug-likeness (QED) is 0.479. The molecule has 206 valence electrons. The van der Waals surface area contributed by atoms with Crippen LogP contribution < -0.4 is 20.1 Å². The van der Waals surface area contributed by atoms with E-state index in [1.165, 1.54) is 21.7 Å². The number of allylic oxidation sites excluding steroid dienone is 2. The molecule has 2 aliphatic heterocycles. The molecule has 1 unspecified atom stereocenters. The topological polar surface area (TPSA) is 139 Å². The van der Waals surface area contributed by atoms with Crippen molar-refractivity contribution in [1.29, 1.82) is 0 Å². The fourth-order valence-corrected chi connectivity index (χ4v) is 6.71. The Labute approximate surface area is 220 Å². The molecular formula is C25H32FN5O6S. The fraction of sp³-hybridized carbons (Fsp3) is 0.560. The maximum absolute atomic E-state index is 13.8. The zero-order chi connectivity index (χ0) is 27.6. The minimum absolute atomic E-state index is 0.00844. The lowest BCUT2D eigenvalue weighted by Gasteiger charge is -2.30. The van der Waals surface area contributed by atoms with Gasteiger partial charge in [-0.05, 0) is 51.7 Å².